The van der Waals surface area contributed by atoms with Gasteiger partial charge in [-0.05, 0) is 29.1 Å². The summed E-state index contributed by atoms with van der Waals surface area (Å²) in [6.07, 6.45) is 0. The van der Waals surface area contributed by atoms with Crippen LogP contribution in [-0.2, 0) is 6.54 Å². The molecule has 0 atom stereocenters. The third-order valence-electron chi connectivity index (χ3n) is 4.50. The quantitative estimate of drug-likeness (QED) is 0.761. The topological polar surface area (TPSA) is 42.0 Å². The van der Waals surface area contributed by atoms with Gasteiger partial charge in [-0.2, -0.15) is 0 Å². The number of piperazine rings is 1. The van der Waals surface area contributed by atoms with Crippen LogP contribution < -0.4 is 9.47 Å². The normalized spacial score (nSPS) is 17.6. The molecule has 0 spiro atoms. The minimum Gasteiger partial charge on any atom is -0.486 e. The number of amides is 1. The van der Waals surface area contributed by atoms with E-state index in [1.165, 1.54) is 16.9 Å². The summed E-state index contributed by atoms with van der Waals surface area (Å²) in [5.74, 6) is 1.76. The lowest BCUT2D eigenvalue weighted by molar-refractivity contribution is 0.0632. The second kappa shape index (κ2) is 7.35. The van der Waals surface area contributed by atoms with E-state index in [1.807, 2.05) is 28.5 Å². The fraction of sp³-hybridized carbons (Fsp3) is 0.389. The summed E-state index contributed by atoms with van der Waals surface area (Å²) >= 11 is 5.14. The minimum atomic E-state index is 0.148. The standard InChI is InChI=1S/C18H19BrN2O3S/c19-14-11-16-15(23-7-8-24-16)10-13(14)12-20-3-5-21(6-4-20)18(22)17-2-1-9-25-17/h1-2,9-11H,3-8,12H2. The van der Waals surface area contributed by atoms with Gasteiger partial charge >= 0.3 is 0 Å². The van der Waals surface area contributed by atoms with Gasteiger partial charge in [0.15, 0.2) is 11.5 Å². The summed E-state index contributed by atoms with van der Waals surface area (Å²) in [4.78, 5) is 17.6. The Morgan fingerprint density at radius 1 is 1.12 bits per heavy atom. The number of thiophene rings is 1. The molecule has 0 unspecified atom stereocenters. The van der Waals surface area contributed by atoms with Crippen LogP contribution in [0.3, 0.4) is 0 Å². The number of hydrogen-bond donors (Lipinski definition) is 0. The van der Waals surface area contributed by atoms with E-state index in [0.29, 0.717) is 13.2 Å². The van der Waals surface area contributed by atoms with Crippen LogP contribution in [0.5, 0.6) is 11.5 Å². The molecule has 2 aliphatic heterocycles. The Kier molecular flexibility index (Phi) is 4.96. The first-order valence-electron chi connectivity index (χ1n) is 8.34. The smallest absolute Gasteiger partial charge is 0.264 e. The van der Waals surface area contributed by atoms with E-state index in [9.17, 15) is 4.79 Å². The van der Waals surface area contributed by atoms with Crippen LogP contribution in [0.4, 0.5) is 0 Å². The van der Waals surface area contributed by atoms with Crippen LogP contribution in [0.15, 0.2) is 34.1 Å². The highest BCUT2D eigenvalue weighted by Gasteiger charge is 2.24. The molecule has 0 radical (unpaired) electrons. The lowest BCUT2D eigenvalue weighted by atomic mass is 10.1. The van der Waals surface area contributed by atoms with Crippen LogP contribution in [0.1, 0.15) is 15.2 Å². The molecule has 0 N–H and O–H groups in total. The van der Waals surface area contributed by atoms with Crippen molar-refractivity contribution < 1.29 is 14.3 Å². The maximum Gasteiger partial charge on any atom is 0.264 e. The molecule has 1 fully saturated rings. The average molecular weight is 423 g/mol. The van der Waals surface area contributed by atoms with Gasteiger partial charge in [-0.3, -0.25) is 9.69 Å². The Hall–Kier alpha value is -1.57. The largest absolute Gasteiger partial charge is 0.486 e. The number of fused-ring (bicyclic) bond motifs is 1. The number of rotatable bonds is 3. The molecular formula is C18H19BrN2O3S. The first kappa shape index (κ1) is 16.9. The highest BCUT2D eigenvalue weighted by molar-refractivity contribution is 9.10. The van der Waals surface area contributed by atoms with E-state index in [1.54, 1.807) is 0 Å². The Morgan fingerprint density at radius 3 is 2.52 bits per heavy atom. The number of hydrogen-bond acceptors (Lipinski definition) is 5. The van der Waals surface area contributed by atoms with Crippen molar-refractivity contribution in [2.75, 3.05) is 39.4 Å². The maximum absolute atomic E-state index is 12.4. The first-order chi connectivity index (χ1) is 12.2. The monoisotopic (exact) mass is 422 g/mol. The van der Waals surface area contributed by atoms with Crippen molar-refractivity contribution in [1.29, 1.82) is 0 Å². The van der Waals surface area contributed by atoms with Crippen molar-refractivity contribution in [3.63, 3.8) is 0 Å². The SMILES string of the molecule is O=C(c1cccs1)N1CCN(Cc2cc3c(cc2Br)OCCO3)CC1. The van der Waals surface area contributed by atoms with Gasteiger partial charge in [0, 0.05) is 37.2 Å². The zero-order valence-corrected chi connectivity index (χ0v) is 16.1. The second-order valence-electron chi connectivity index (χ2n) is 6.13. The van der Waals surface area contributed by atoms with Gasteiger partial charge in [-0.15, -0.1) is 11.3 Å². The van der Waals surface area contributed by atoms with Crippen molar-refractivity contribution >= 4 is 33.2 Å². The maximum atomic E-state index is 12.4. The van der Waals surface area contributed by atoms with Crippen molar-refractivity contribution in [3.8, 4) is 11.5 Å². The lowest BCUT2D eigenvalue weighted by Crippen LogP contribution is -2.48. The fourth-order valence-electron chi connectivity index (χ4n) is 3.13. The Balaban J connectivity index is 1.38. The highest BCUT2D eigenvalue weighted by Crippen LogP contribution is 2.36. The summed E-state index contributed by atoms with van der Waals surface area (Å²) < 4.78 is 12.3. The van der Waals surface area contributed by atoms with E-state index in [-0.39, 0.29) is 5.91 Å². The predicted octanol–water partition coefficient (Wildman–Crippen LogP) is 3.24. The van der Waals surface area contributed by atoms with Crippen LogP contribution >= 0.6 is 27.3 Å². The summed E-state index contributed by atoms with van der Waals surface area (Å²) in [5, 5.41) is 1.95. The third kappa shape index (κ3) is 3.68. The molecule has 3 heterocycles. The highest BCUT2D eigenvalue weighted by atomic mass is 79.9. The molecule has 0 aliphatic carbocycles. The molecule has 2 aliphatic rings. The summed E-state index contributed by atoms with van der Waals surface area (Å²) in [7, 11) is 0. The van der Waals surface area contributed by atoms with Crippen molar-refractivity contribution in [2.24, 2.45) is 0 Å². The Labute approximate surface area is 159 Å². The van der Waals surface area contributed by atoms with Gasteiger partial charge in [0.1, 0.15) is 13.2 Å². The average Bonchev–Trinajstić information content (AvgIpc) is 3.17. The molecule has 0 saturated carbocycles. The van der Waals surface area contributed by atoms with Crippen LogP contribution in [0.25, 0.3) is 0 Å². The van der Waals surface area contributed by atoms with Gasteiger partial charge in [0.05, 0.1) is 4.88 Å². The molecule has 132 valence electrons. The molecule has 1 aromatic heterocycles. The fourth-order valence-corrected chi connectivity index (χ4v) is 4.27. The first-order valence-corrected chi connectivity index (χ1v) is 10.0. The summed E-state index contributed by atoms with van der Waals surface area (Å²) in [6.45, 7) is 5.29. The number of ether oxygens (including phenoxy) is 2. The number of carbonyl (C=O) groups is 1. The molecule has 1 aromatic carbocycles. The number of halogens is 1. The van der Waals surface area contributed by atoms with E-state index < -0.39 is 0 Å². The van der Waals surface area contributed by atoms with Gasteiger partial charge in [0.25, 0.3) is 5.91 Å². The van der Waals surface area contributed by atoms with E-state index >= 15 is 0 Å². The van der Waals surface area contributed by atoms with Crippen LogP contribution in [-0.4, -0.2) is 55.1 Å². The van der Waals surface area contributed by atoms with Gasteiger partial charge in [-0.1, -0.05) is 22.0 Å². The zero-order valence-electron chi connectivity index (χ0n) is 13.7. The second-order valence-corrected chi connectivity index (χ2v) is 7.93. The molecular weight excluding hydrogens is 404 g/mol. The number of carbonyl (C=O) groups excluding carboxylic acids is 1. The van der Waals surface area contributed by atoms with Gasteiger partial charge in [-0.25, -0.2) is 0 Å². The Morgan fingerprint density at radius 2 is 1.84 bits per heavy atom. The molecule has 2 aromatic rings. The molecule has 5 nitrogen and oxygen atoms in total. The number of benzene rings is 1. The Bertz CT molecular complexity index is 758. The van der Waals surface area contributed by atoms with Crippen molar-refractivity contribution in [3.05, 3.63) is 44.6 Å². The van der Waals surface area contributed by atoms with Crippen molar-refractivity contribution in [2.45, 2.75) is 6.54 Å². The summed E-state index contributed by atoms with van der Waals surface area (Å²) in [6, 6.07) is 7.86. The third-order valence-corrected chi connectivity index (χ3v) is 6.09. The van der Waals surface area contributed by atoms with E-state index in [4.69, 9.17) is 9.47 Å². The predicted molar refractivity (Wildman–Crippen MR) is 101 cm³/mol. The molecule has 4 rings (SSSR count). The van der Waals surface area contributed by atoms with Crippen LogP contribution in [0, 0.1) is 0 Å². The van der Waals surface area contributed by atoms with E-state index in [2.05, 4.69) is 26.9 Å². The lowest BCUT2D eigenvalue weighted by Gasteiger charge is -2.34. The zero-order chi connectivity index (χ0) is 17.2. The minimum absolute atomic E-state index is 0.148. The summed E-state index contributed by atoms with van der Waals surface area (Å²) in [5.41, 5.74) is 1.18. The molecule has 7 heteroatoms. The molecule has 1 amide bonds. The molecule has 0 bridgehead atoms. The number of nitrogens with zero attached hydrogens (tertiary/aromatic N) is 2. The van der Waals surface area contributed by atoms with Crippen LogP contribution in [0.2, 0.25) is 0 Å². The van der Waals surface area contributed by atoms with Gasteiger partial charge < -0.3 is 14.4 Å². The van der Waals surface area contributed by atoms with E-state index in [0.717, 1.165) is 53.6 Å². The molecule has 25 heavy (non-hydrogen) atoms. The molecule has 1 saturated heterocycles. The van der Waals surface area contributed by atoms with Gasteiger partial charge in [0.2, 0.25) is 0 Å². The van der Waals surface area contributed by atoms with Crippen molar-refractivity contribution in [1.82, 2.24) is 9.80 Å².